The lowest BCUT2D eigenvalue weighted by Crippen LogP contribution is -1.96. The van der Waals surface area contributed by atoms with Crippen LogP contribution in [0, 0.1) is 0 Å². The smallest absolute Gasteiger partial charge is 0.335 e. The van der Waals surface area contributed by atoms with E-state index in [9.17, 15) is 4.79 Å². The second-order valence-electron chi connectivity index (χ2n) is 3.71. The molecular weight excluding hydrogens is 305 g/mol. The number of nitrogens with zero attached hydrogens (tertiary/aromatic N) is 1. The normalized spacial score (nSPS) is 10.4. The van der Waals surface area contributed by atoms with Gasteiger partial charge in [-0.3, -0.25) is 0 Å². The van der Waals surface area contributed by atoms with Gasteiger partial charge in [-0.15, -0.1) is 11.8 Å². The first-order chi connectivity index (χ1) is 9.06. The number of benzene rings is 1. The molecule has 0 saturated carbocycles. The van der Waals surface area contributed by atoms with Crippen molar-refractivity contribution in [2.75, 3.05) is 0 Å². The molecule has 0 spiro atoms. The van der Waals surface area contributed by atoms with Gasteiger partial charge in [-0.1, -0.05) is 29.3 Å². The number of aromatic nitrogens is 1. The summed E-state index contributed by atoms with van der Waals surface area (Å²) >= 11 is 13.3. The SMILES string of the molecule is O=C(O)c1ccnc(SCc2ccc(Cl)cc2Cl)c1. The van der Waals surface area contributed by atoms with Crippen LogP contribution >= 0.6 is 35.0 Å². The third kappa shape index (κ3) is 3.86. The van der Waals surface area contributed by atoms with E-state index in [0.717, 1.165) is 5.56 Å². The average Bonchev–Trinajstić information content (AvgIpc) is 2.38. The van der Waals surface area contributed by atoms with Crippen LogP contribution in [-0.2, 0) is 5.75 Å². The summed E-state index contributed by atoms with van der Waals surface area (Å²) in [7, 11) is 0. The Labute approximate surface area is 124 Å². The molecule has 0 unspecified atom stereocenters. The number of rotatable bonds is 4. The average molecular weight is 314 g/mol. The Hall–Kier alpha value is -1.23. The summed E-state index contributed by atoms with van der Waals surface area (Å²) < 4.78 is 0. The Bertz CT molecular complexity index is 619. The number of carboxylic acid groups (broad SMARTS) is 1. The van der Waals surface area contributed by atoms with Gasteiger partial charge in [0.05, 0.1) is 10.6 Å². The van der Waals surface area contributed by atoms with Gasteiger partial charge in [0, 0.05) is 22.0 Å². The van der Waals surface area contributed by atoms with E-state index in [4.69, 9.17) is 28.3 Å². The van der Waals surface area contributed by atoms with E-state index < -0.39 is 5.97 Å². The Morgan fingerprint density at radius 3 is 2.74 bits per heavy atom. The lowest BCUT2D eigenvalue weighted by molar-refractivity contribution is 0.0696. The van der Waals surface area contributed by atoms with Crippen molar-refractivity contribution < 1.29 is 9.90 Å². The van der Waals surface area contributed by atoms with Gasteiger partial charge in [0.2, 0.25) is 0 Å². The zero-order valence-corrected chi connectivity index (χ0v) is 12.0. The number of hydrogen-bond acceptors (Lipinski definition) is 3. The van der Waals surface area contributed by atoms with Gasteiger partial charge in [0.25, 0.3) is 0 Å². The standard InChI is InChI=1S/C13H9Cl2NO2S/c14-10-2-1-9(11(15)6-10)7-19-12-5-8(13(17)18)3-4-16-12/h1-6H,7H2,(H,17,18). The van der Waals surface area contributed by atoms with Gasteiger partial charge in [-0.25, -0.2) is 9.78 Å². The molecule has 1 N–H and O–H groups in total. The third-order valence-corrected chi connectivity index (χ3v) is 3.93. The van der Waals surface area contributed by atoms with Crippen molar-refractivity contribution in [1.82, 2.24) is 4.98 Å². The molecule has 98 valence electrons. The maximum atomic E-state index is 10.8. The quantitative estimate of drug-likeness (QED) is 0.851. The molecule has 0 aliphatic heterocycles. The van der Waals surface area contributed by atoms with Crippen molar-refractivity contribution in [3.63, 3.8) is 0 Å². The highest BCUT2D eigenvalue weighted by Crippen LogP contribution is 2.27. The number of carbonyl (C=O) groups is 1. The van der Waals surface area contributed by atoms with Crippen molar-refractivity contribution in [2.45, 2.75) is 10.8 Å². The molecule has 2 aromatic rings. The molecule has 1 aromatic carbocycles. The Balaban J connectivity index is 2.10. The molecule has 2 rings (SSSR count). The molecule has 0 aliphatic carbocycles. The number of pyridine rings is 1. The van der Waals surface area contributed by atoms with Crippen LogP contribution in [-0.4, -0.2) is 16.1 Å². The molecule has 1 heterocycles. The van der Waals surface area contributed by atoms with Gasteiger partial charge < -0.3 is 5.11 Å². The summed E-state index contributed by atoms with van der Waals surface area (Å²) in [6.45, 7) is 0. The summed E-state index contributed by atoms with van der Waals surface area (Å²) in [5, 5.41) is 10.7. The van der Waals surface area contributed by atoms with Crippen molar-refractivity contribution in [1.29, 1.82) is 0 Å². The number of thioether (sulfide) groups is 1. The number of carboxylic acids is 1. The number of hydrogen-bond donors (Lipinski definition) is 1. The number of aromatic carboxylic acids is 1. The van der Waals surface area contributed by atoms with E-state index in [1.165, 1.54) is 30.1 Å². The molecule has 0 aliphatic rings. The molecule has 19 heavy (non-hydrogen) atoms. The van der Waals surface area contributed by atoms with Gasteiger partial charge in [-0.2, -0.15) is 0 Å². The highest BCUT2D eigenvalue weighted by atomic mass is 35.5. The van der Waals surface area contributed by atoms with E-state index in [-0.39, 0.29) is 5.56 Å². The summed E-state index contributed by atoms with van der Waals surface area (Å²) in [4.78, 5) is 15.0. The van der Waals surface area contributed by atoms with Crippen LogP contribution in [0.3, 0.4) is 0 Å². The zero-order valence-electron chi connectivity index (χ0n) is 9.64. The predicted molar refractivity (Wildman–Crippen MR) is 77.2 cm³/mol. The molecule has 3 nitrogen and oxygen atoms in total. The summed E-state index contributed by atoms with van der Waals surface area (Å²) in [5.41, 5.74) is 1.15. The van der Waals surface area contributed by atoms with E-state index in [1.807, 2.05) is 6.07 Å². The van der Waals surface area contributed by atoms with Crippen LogP contribution in [0.25, 0.3) is 0 Å². The topological polar surface area (TPSA) is 50.2 Å². The minimum Gasteiger partial charge on any atom is -0.478 e. The molecule has 1 aromatic heterocycles. The fourth-order valence-electron chi connectivity index (χ4n) is 1.41. The van der Waals surface area contributed by atoms with Crippen LogP contribution in [0.15, 0.2) is 41.6 Å². The van der Waals surface area contributed by atoms with Crippen LogP contribution in [0.2, 0.25) is 10.0 Å². The monoisotopic (exact) mass is 313 g/mol. The first-order valence-corrected chi connectivity index (χ1v) is 7.06. The number of halogens is 2. The summed E-state index contributed by atoms with van der Waals surface area (Å²) in [6, 6.07) is 8.29. The molecule has 0 amide bonds. The zero-order chi connectivity index (χ0) is 13.8. The molecule has 0 bridgehead atoms. The van der Waals surface area contributed by atoms with E-state index in [1.54, 1.807) is 12.1 Å². The van der Waals surface area contributed by atoms with E-state index >= 15 is 0 Å². The molecule has 0 atom stereocenters. The maximum absolute atomic E-state index is 10.8. The van der Waals surface area contributed by atoms with E-state index in [0.29, 0.717) is 20.8 Å². The Morgan fingerprint density at radius 1 is 1.26 bits per heavy atom. The minimum absolute atomic E-state index is 0.222. The first-order valence-electron chi connectivity index (χ1n) is 5.32. The molecule has 0 saturated heterocycles. The van der Waals surface area contributed by atoms with Gasteiger partial charge in [0.15, 0.2) is 0 Å². The second-order valence-corrected chi connectivity index (χ2v) is 5.55. The fourth-order valence-corrected chi connectivity index (χ4v) is 2.87. The molecule has 0 radical (unpaired) electrons. The molecule has 0 fully saturated rings. The van der Waals surface area contributed by atoms with Crippen LogP contribution in [0.1, 0.15) is 15.9 Å². The lowest BCUT2D eigenvalue weighted by atomic mass is 10.2. The molecule has 6 heteroatoms. The van der Waals surface area contributed by atoms with Gasteiger partial charge in [-0.05, 0) is 29.8 Å². The van der Waals surface area contributed by atoms with Crippen LogP contribution in [0.5, 0.6) is 0 Å². The predicted octanol–water partition coefficient (Wildman–Crippen LogP) is 4.38. The lowest BCUT2D eigenvalue weighted by Gasteiger charge is -2.05. The largest absolute Gasteiger partial charge is 0.478 e. The van der Waals surface area contributed by atoms with Gasteiger partial charge >= 0.3 is 5.97 Å². The summed E-state index contributed by atoms with van der Waals surface area (Å²) in [5.74, 6) is -0.361. The Kier molecular flexibility index (Phi) is 4.69. The molecular formula is C13H9Cl2NO2S. The third-order valence-electron chi connectivity index (χ3n) is 2.37. The van der Waals surface area contributed by atoms with Crippen molar-refractivity contribution >= 4 is 40.9 Å². The fraction of sp³-hybridized carbons (Fsp3) is 0.0769. The van der Waals surface area contributed by atoms with Gasteiger partial charge in [0.1, 0.15) is 0 Å². The first kappa shape index (κ1) is 14.2. The van der Waals surface area contributed by atoms with E-state index in [2.05, 4.69) is 4.98 Å². The minimum atomic E-state index is -0.964. The van der Waals surface area contributed by atoms with Crippen molar-refractivity contribution in [2.24, 2.45) is 0 Å². The highest BCUT2D eigenvalue weighted by molar-refractivity contribution is 7.98. The van der Waals surface area contributed by atoms with Crippen molar-refractivity contribution in [3.8, 4) is 0 Å². The van der Waals surface area contributed by atoms with Crippen LogP contribution in [0.4, 0.5) is 0 Å². The van der Waals surface area contributed by atoms with Crippen molar-refractivity contribution in [3.05, 3.63) is 57.7 Å². The maximum Gasteiger partial charge on any atom is 0.335 e. The highest BCUT2D eigenvalue weighted by Gasteiger charge is 2.06. The van der Waals surface area contributed by atoms with Crippen LogP contribution < -0.4 is 0 Å². The Morgan fingerprint density at radius 2 is 2.05 bits per heavy atom. The summed E-state index contributed by atoms with van der Waals surface area (Å²) in [6.07, 6.45) is 1.48. The second kappa shape index (κ2) is 6.28.